The summed E-state index contributed by atoms with van der Waals surface area (Å²) in [6.07, 6.45) is 6.41. The molecule has 2 N–H and O–H groups in total. The number of aliphatic hydroxyl groups is 1. The van der Waals surface area contributed by atoms with E-state index in [4.69, 9.17) is 5.11 Å². The first-order valence-electron chi connectivity index (χ1n) is 5.96. The third kappa shape index (κ3) is 3.64. The first-order chi connectivity index (χ1) is 8.78. The van der Waals surface area contributed by atoms with Crippen LogP contribution in [0.4, 0.5) is 0 Å². The Balaban J connectivity index is 1.74. The molecule has 0 saturated carbocycles. The Kier molecular flexibility index (Phi) is 4.43. The quantitative estimate of drug-likeness (QED) is 0.704. The third-order valence-electron chi connectivity index (χ3n) is 2.53. The van der Waals surface area contributed by atoms with Crippen molar-refractivity contribution in [1.82, 2.24) is 30.1 Å². The monoisotopic (exact) mass is 250 g/mol. The molecule has 7 nitrogen and oxygen atoms in total. The minimum absolute atomic E-state index is 0.175. The molecule has 2 heterocycles. The van der Waals surface area contributed by atoms with E-state index in [-0.39, 0.29) is 6.61 Å². The van der Waals surface area contributed by atoms with Gasteiger partial charge < -0.3 is 10.4 Å². The van der Waals surface area contributed by atoms with Crippen molar-refractivity contribution in [2.24, 2.45) is 7.05 Å². The summed E-state index contributed by atoms with van der Waals surface area (Å²) >= 11 is 0. The lowest BCUT2D eigenvalue weighted by molar-refractivity contribution is 0.276. The van der Waals surface area contributed by atoms with E-state index in [0.29, 0.717) is 19.5 Å². The van der Waals surface area contributed by atoms with Gasteiger partial charge >= 0.3 is 0 Å². The summed E-state index contributed by atoms with van der Waals surface area (Å²) in [5, 5.41) is 24.1. The van der Waals surface area contributed by atoms with Gasteiger partial charge in [0.25, 0.3) is 0 Å². The van der Waals surface area contributed by atoms with E-state index in [0.717, 1.165) is 17.8 Å². The molecule has 0 unspecified atom stereocenters. The third-order valence-corrected chi connectivity index (χ3v) is 2.53. The van der Waals surface area contributed by atoms with Crippen LogP contribution in [0, 0.1) is 0 Å². The summed E-state index contributed by atoms with van der Waals surface area (Å²) < 4.78 is 3.53. The smallest absolute Gasteiger partial charge is 0.0964 e. The number of aromatic nitrogens is 5. The second-order valence-electron chi connectivity index (χ2n) is 4.18. The van der Waals surface area contributed by atoms with Gasteiger partial charge in [0.2, 0.25) is 0 Å². The summed E-state index contributed by atoms with van der Waals surface area (Å²) in [5.74, 6) is 0. The predicted molar refractivity (Wildman–Crippen MR) is 65.5 cm³/mol. The lowest BCUT2D eigenvalue weighted by Gasteiger charge is -1.99. The fourth-order valence-electron chi connectivity index (χ4n) is 1.66. The highest BCUT2D eigenvalue weighted by Crippen LogP contribution is 1.98. The largest absolute Gasteiger partial charge is 0.396 e. The summed E-state index contributed by atoms with van der Waals surface area (Å²) in [6.45, 7) is 2.31. The van der Waals surface area contributed by atoms with E-state index in [1.807, 2.05) is 25.6 Å². The maximum atomic E-state index is 8.72. The van der Waals surface area contributed by atoms with Crippen LogP contribution in [0.1, 0.15) is 17.7 Å². The number of nitrogens with one attached hydrogen (secondary N) is 1. The molecule has 0 bridgehead atoms. The predicted octanol–water partition coefficient (Wildman–Crippen LogP) is -0.316. The van der Waals surface area contributed by atoms with E-state index in [9.17, 15) is 0 Å². The highest BCUT2D eigenvalue weighted by Gasteiger charge is 2.01. The zero-order chi connectivity index (χ0) is 12.8. The van der Waals surface area contributed by atoms with Gasteiger partial charge in [0.1, 0.15) is 0 Å². The molecule has 0 saturated heterocycles. The SMILES string of the molecule is Cn1cc(CNCc2cn(CCCO)nn2)cn1. The van der Waals surface area contributed by atoms with Gasteiger partial charge in [0.05, 0.1) is 11.9 Å². The molecule has 0 aliphatic carbocycles. The molecule has 0 amide bonds. The number of aryl methyl sites for hydroxylation is 2. The topological polar surface area (TPSA) is 80.8 Å². The standard InChI is InChI=1S/C11H18N6O/c1-16-8-10(6-13-16)5-12-7-11-9-17(15-14-11)3-2-4-18/h6,8-9,12,18H,2-5,7H2,1H3. The molecular weight excluding hydrogens is 232 g/mol. The lowest BCUT2D eigenvalue weighted by atomic mass is 10.3. The Labute approximate surface area is 105 Å². The minimum Gasteiger partial charge on any atom is -0.396 e. The van der Waals surface area contributed by atoms with Crippen molar-refractivity contribution in [2.75, 3.05) is 6.61 Å². The average Bonchev–Trinajstić information content (AvgIpc) is 2.96. The van der Waals surface area contributed by atoms with Crippen molar-refractivity contribution >= 4 is 0 Å². The molecule has 2 rings (SSSR count). The van der Waals surface area contributed by atoms with Crippen molar-refractivity contribution < 1.29 is 5.11 Å². The molecular formula is C11H18N6O. The average molecular weight is 250 g/mol. The molecule has 0 atom stereocenters. The van der Waals surface area contributed by atoms with Crippen LogP contribution in [0.5, 0.6) is 0 Å². The Hall–Kier alpha value is -1.73. The van der Waals surface area contributed by atoms with E-state index >= 15 is 0 Å². The van der Waals surface area contributed by atoms with Gasteiger partial charge in [-0.25, -0.2) is 0 Å². The molecule has 0 fully saturated rings. The lowest BCUT2D eigenvalue weighted by Crippen LogP contribution is -2.12. The van der Waals surface area contributed by atoms with E-state index < -0.39 is 0 Å². The number of nitrogens with zero attached hydrogens (tertiary/aromatic N) is 5. The van der Waals surface area contributed by atoms with Crippen LogP contribution in [0.2, 0.25) is 0 Å². The van der Waals surface area contributed by atoms with Gasteiger partial charge in [-0.05, 0) is 6.42 Å². The number of rotatable bonds is 7. The molecule has 2 aromatic rings. The van der Waals surface area contributed by atoms with E-state index in [2.05, 4.69) is 20.7 Å². The van der Waals surface area contributed by atoms with Crippen LogP contribution in [0.25, 0.3) is 0 Å². The zero-order valence-electron chi connectivity index (χ0n) is 10.5. The first-order valence-corrected chi connectivity index (χ1v) is 5.96. The van der Waals surface area contributed by atoms with Gasteiger partial charge in [0, 0.05) is 51.2 Å². The van der Waals surface area contributed by atoms with Crippen LogP contribution in [-0.2, 0) is 26.7 Å². The van der Waals surface area contributed by atoms with Gasteiger partial charge in [-0.1, -0.05) is 5.21 Å². The minimum atomic E-state index is 0.175. The van der Waals surface area contributed by atoms with Crippen LogP contribution < -0.4 is 5.32 Å². The Morgan fingerprint density at radius 2 is 2.22 bits per heavy atom. The molecule has 98 valence electrons. The second kappa shape index (κ2) is 6.27. The fraction of sp³-hybridized carbons (Fsp3) is 0.545. The van der Waals surface area contributed by atoms with Crippen LogP contribution >= 0.6 is 0 Å². The van der Waals surface area contributed by atoms with Crippen molar-refractivity contribution in [3.8, 4) is 0 Å². The van der Waals surface area contributed by atoms with Gasteiger partial charge in [0.15, 0.2) is 0 Å². The van der Waals surface area contributed by atoms with Crippen molar-refractivity contribution in [3.05, 3.63) is 29.8 Å². The molecule has 0 radical (unpaired) electrons. The van der Waals surface area contributed by atoms with Crippen LogP contribution in [0.3, 0.4) is 0 Å². The summed E-state index contributed by atoms with van der Waals surface area (Å²) in [5.41, 5.74) is 2.04. The second-order valence-corrected chi connectivity index (χ2v) is 4.18. The zero-order valence-corrected chi connectivity index (χ0v) is 10.5. The van der Waals surface area contributed by atoms with E-state index in [1.165, 1.54) is 0 Å². The van der Waals surface area contributed by atoms with E-state index in [1.54, 1.807) is 9.36 Å². The first kappa shape index (κ1) is 12.7. The van der Waals surface area contributed by atoms with Crippen molar-refractivity contribution in [3.63, 3.8) is 0 Å². The molecule has 7 heteroatoms. The highest BCUT2D eigenvalue weighted by molar-refractivity contribution is 5.03. The summed E-state index contributed by atoms with van der Waals surface area (Å²) in [6, 6.07) is 0. The van der Waals surface area contributed by atoms with Crippen LogP contribution in [0.15, 0.2) is 18.6 Å². The normalized spacial score (nSPS) is 11.0. The van der Waals surface area contributed by atoms with Gasteiger partial charge in [-0.2, -0.15) is 5.10 Å². The summed E-state index contributed by atoms with van der Waals surface area (Å²) in [4.78, 5) is 0. The summed E-state index contributed by atoms with van der Waals surface area (Å²) in [7, 11) is 1.90. The molecule has 0 aliphatic rings. The van der Waals surface area contributed by atoms with Gasteiger partial charge in [-0.15, -0.1) is 5.10 Å². The highest BCUT2D eigenvalue weighted by atomic mass is 16.3. The number of hydrogen-bond acceptors (Lipinski definition) is 5. The van der Waals surface area contributed by atoms with Gasteiger partial charge in [-0.3, -0.25) is 9.36 Å². The van der Waals surface area contributed by atoms with Crippen molar-refractivity contribution in [2.45, 2.75) is 26.1 Å². The molecule has 0 aromatic carbocycles. The van der Waals surface area contributed by atoms with Crippen molar-refractivity contribution in [1.29, 1.82) is 0 Å². The Morgan fingerprint density at radius 3 is 2.94 bits per heavy atom. The molecule has 0 spiro atoms. The maximum Gasteiger partial charge on any atom is 0.0964 e. The number of hydrogen-bond donors (Lipinski definition) is 2. The fourth-order valence-corrected chi connectivity index (χ4v) is 1.66. The molecule has 2 aromatic heterocycles. The number of aliphatic hydroxyl groups excluding tert-OH is 1. The maximum absolute atomic E-state index is 8.72. The molecule has 0 aliphatic heterocycles. The Morgan fingerprint density at radius 1 is 1.33 bits per heavy atom. The van der Waals surface area contributed by atoms with Crippen LogP contribution in [-0.4, -0.2) is 36.5 Å². The molecule has 18 heavy (non-hydrogen) atoms. The Bertz CT molecular complexity index is 477.